The predicted octanol–water partition coefficient (Wildman–Crippen LogP) is 4.12. The van der Waals surface area contributed by atoms with E-state index in [2.05, 4.69) is 25.6 Å². The number of pyridine rings is 3. The first-order valence-corrected chi connectivity index (χ1v) is 8.71. The Labute approximate surface area is 162 Å². The maximum atomic E-state index is 12.6. The Bertz CT molecular complexity index is 947. The number of nitrogens with one attached hydrogen (secondary N) is 2. The van der Waals surface area contributed by atoms with E-state index in [4.69, 9.17) is 4.74 Å². The van der Waals surface area contributed by atoms with Crippen molar-refractivity contribution in [2.75, 3.05) is 10.6 Å². The summed E-state index contributed by atoms with van der Waals surface area (Å²) in [6.07, 6.45) is 6.06. The monoisotopic (exact) mass is 381 g/mol. The molecule has 0 saturated heterocycles. The van der Waals surface area contributed by atoms with Gasteiger partial charge in [-0.2, -0.15) is 0 Å². The van der Waals surface area contributed by atoms with Gasteiger partial charge in [-0.3, -0.25) is 9.78 Å². The van der Waals surface area contributed by atoms with Gasteiger partial charge in [-0.1, -0.05) is 6.07 Å². The van der Waals surface area contributed by atoms with Crippen LogP contribution in [-0.2, 0) is 6.67 Å². The van der Waals surface area contributed by atoms with Gasteiger partial charge in [-0.25, -0.2) is 14.4 Å². The SMILES string of the molecule is CC(C)Oc1ccncc1NC(=O)c1ccnc(Nc2ccc(CF)cn2)c1. The van der Waals surface area contributed by atoms with Crippen molar-refractivity contribution in [3.63, 3.8) is 0 Å². The number of ether oxygens (including phenoxy) is 1. The number of carbonyl (C=O) groups excluding carboxylic acids is 1. The van der Waals surface area contributed by atoms with E-state index < -0.39 is 6.67 Å². The van der Waals surface area contributed by atoms with E-state index >= 15 is 0 Å². The highest BCUT2D eigenvalue weighted by Crippen LogP contribution is 2.24. The van der Waals surface area contributed by atoms with Crippen molar-refractivity contribution >= 4 is 23.2 Å². The Kier molecular flexibility index (Phi) is 6.11. The number of anilines is 3. The summed E-state index contributed by atoms with van der Waals surface area (Å²) in [5.41, 5.74) is 1.37. The average Bonchev–Trinajstić information content (AvgIpc) is 2.70. The van der Waals surface area contributed by atoms with E-state index in [1.165, 1.54) is 18.6 Å². The van der Waals surface area contributed by atoms with Gasteiger partial charge in [0.2, 0.25) is 0 Å². The highest BCUT2D eigenvalue weighted by Gasteiger charge is 2.12. The fourth-order valence-electron chi connectivity index (χ4n) is 2.38. The van der Waals surface area contributed by atoms with Crippen LogP contribution >= 0.6 is 0 Å². The van der Waals surface area contributed by atoms with Gasteiger partial charge in [-0.05, 0) is 32.0 Å². The second-order valence-corrected chi connectivity index (χ2v) is 6.23. The molecule has 0 spiro atoms. The number of aromatic nitrogens is 3. The molecule has 0 aromatic carbocycles. The third kappa shape index (κ3) is 5.00. The third-order valence-electron chi connectivity index (χ3n) is 3.65. The first-order chi connectivity index (χ1) is 13.5. The molecule has 0 unspecified atom stereocenters. The number of amides is 1. The molecule has 0 fully saturated rings. The summed E-state index contributed by atoms with van der Waals surface area (Å²) in [7, 11) is 0. The molecule has 0 atom stereocenters. The van der Waals surface area contributed by atoms with Crippen LogP contribution in [0, 0.1) is 0 Å². The van der Waals surface area contributed by atoms with Gasteiger partial charge in [-0.15, -0.1) is 0 Å². The Morgan fingerprint density at radius 2 is 1.96 bits per heavy atom. The Hall–Kier alpha value is -3.55. The lowest BCUT2D eigenvalue weighted by molar-refractivity contribution is 0.102. The Morgan fingerprint density at radius 1 is 1.11 bits per heavy atom. The van der Waals surface area contributed by atoms with Crippen LogP contribution in [0.15, 0.2) is 55.1 Å². The highest BCUT2D eigenvalue weighted by molar-refractivity contribution is 6.05. The number of nitrogens with zero attached hydrogens (tertiary/aromatic N) is 3. The lowest BCUT2D eigenvalue weighted by Gasteiger charge is -2.14. The summed E-state index contributed by atoms with van der Waals surface area (Å²) in [4.78, 5) is 25.0. The van der Waals surface area contributed by atoms with Crippen LogP contribution in [0.3, 0.4) is 0 Å². The molecule has 0 saturated carbocycles. The second-order valence-electron chi connectivity index (χ2n) is 6.23. The first kappa shape index (κ1) is 19.2. The van der Waals surface area contributed by atoms with E-state index in [1.807, 2.05) is 13.8 Å². The van der Waals surface area contributed by atoms with Gasteiger partial charge in [0.05, 0.1) is 12.3 Å². The molecular formula is C20H20FN5O2. The quantitative estimate of drug-likeness (QED) is 0.640. The van der Waals surface area contributed by atoms with Gasteiger partial charge in [0.1, 0.15) is 29.7 Å². The second kappa shape index (κ2) is 8.90. The molecule has 144 valence electrons. The largest absolute Gasteiger partial charge is 0.489 e. The van der Waals surface area contributed by atoms with Crippen molar-refractivity contribution in [1.29, 1.82) is 0 Å². The minimum atomic E-state index is -0.571. The fraction of sp³-hybridized carbons (Fsp3) is 0.200. The summed E-state index contributed by atoms with van der Waals surface area (Å²) < 4.78 is 18.3. The van der Waals surface area contributed by atoms with Crippen LogP contribution in [0.25, 0.3) is 0 Å². The minimum Gasteiger partial charge on any atom is -0.489 e. The maximum absolute atomic E-state index is 12.6. The molecule has 3 heterocycles. The van der Waals surface area contributed by atoms with Gasteiger partial charge in [0.25, 0.3) is 5.91 Å². The van der Waals surface area contributed by atoms with Crippen LogP contribution in [-0.4, -0.2) is 27.0 Å². The van der Waals surface area contributed by atoms with Crippen molar-refractivity contribution in [1.82, 2.24) is 15.0 Å². The summed E-state index contributed by atoms with van der Waals surface area (Å²) in [5, 5.41) is 5.79. The zero-order valence-electron chi connectivity index (χ0n) is 15.5. The molecule has 2 N–H and O–H groups in total. The molecule has 28 heavy (non-hydrogen) atoms. The van der Waals surface area contributed by atoms with E-state index in [-0.39, 0.29) is 12.0 Å². The van der Waals surface area contributed by atoms with Crippen LogP contribution in [0.2, 0.25) is 0 Å². The smallest absolute Gasteiger partial charge is 0.255 e. The molecule has 1 amide bonds. The number of alkyl halides is 1. The van der Waals surface area contributed by atoms with Crippen molar-refractivity contribution in [3.05, 3.63) is 66.2 Å². The van der Waals surface area contributed by atoms with Crippen LogP contribution in [0.1, 0.15) is 29.8 Å². The minimum absolute atomic E-state index is 0.0361. The standard InChI is InChI=1S/C20H20FN5O2/c1-13(2)28-17-6-7-22-12-16(17)25-20(27)15-5-8-23-19(9-15)26-18-4-3-14(10-21)11-24-18/h3-9,11-13H,10H2,1-2H3,(H,25,27)(H,23,24,26). The first-order valence-electron chi connectivity index (χ1n) is 8.71. The van der Waals surface area contributed by atoms with Crippen molar-refractivity contribution in [2.45, 2.75) is 26.6 Å². The molecule has 0 aliphatic rings. The third-order valence-corrected chi connectivity index (χ3v) is 3.65. The fourth-order valence-corrected chi connectivity index (χ4v) is 2.38. The van der Waals surface area contributed by atoms with Crippen LogP contribution in [0.4, 0.5) is 21.7 Å². The molecule has 3 aromatic rings. The molecule has 0 bridgehead atoms. The van der Waals surface area contributed by atoms with E-state index in [0.717, 1.165) is 0 Å². The number of hydrogen-bond acceptors (Lipinski definition) is 6. The zero-order chi connectivity index (χ0) is 19.9. The zero-order valence-corrected chi connectivity index (χ0v) is 15.5. The molecule has 3 rings (SSSR count). The normalized spacial score (nSPS) is 10.6. The van der Waals surface area contributed by atoms with Crippen LogP contribution in [0.5, 0.6) is 5.75 Å². The Morgan fingerprint density at radius 3 is 2.68 bits per heavy atom. The lowest BCUT2D eigenvalue weighted by Crippen LogP contribution is -2.15. The van der Waals surface area contributed by atoms with Gasteiger partial charge < -0.3 is 15.4 Å². The number of halogens is 1. The molecule has 0 radical (unpaired) electrons. The summed E-state index contributed by atoms with van der Waals surface area (Å²) >= 11 is 0. The van der Waals surface area contributed by atoms with Crippen molar-refractivity contribution in [3.8, 4) is 5.75 Å². The molecular weight excluding hydrogens is 361 g/mol. The summed E-state index contributed by atoms with van der Waals surface area (Å²) in [6.45, 7) is 3.24. The molecule has 8 heteroatoms. The topological polar surface area (TPSA) is 89.0 Å². The average molecular weight is 381 g/mol. The summed E-state index contributed by atoms with van der Waals surface area (Å²) in [6, 6.07) is 8.17. The van der Waals surface area contributed by atoms with Gasteiger partial charge in [0.15, 0.2) is 0 Å². The molecule has 3 aromatic heterocycles. The molecule has 0 aliphatic carbocycles. The maximum Gasteiger partial charge on any atom is 0.255 e. The lowest BCUT2D eigenvalue weighted by atomic mass is 10.2. The molecule has 7 nitrogen and oxygen atoms in total. The number of hydrogen-bond donors (Lipinski definition) is 2. The van der Waals surface area contributed by atoms with E-state index in [1.54, 1.807) is 36.5 Å². The van der Waals surface area contributed by atoms with Gasteiger partial charge in [0, 0.05) is 35.8 Å². The van der Waals surface area contributed by atoms with E-state index in [9.17, 15) is 9.18 Å². The number of carbonyl (C=O) groups is 1. The predicted molar refractivity (Wildman–Crippen MR) is 105 cm³/mol. The van der Waals surface area contributed by atoms with E-state index in [0.29, 0.717) is 34.2 Å². The van der Waals surface area contributed by atoms with Crippen molar-refractivity contribution < 1.29 is 13.9 Å². The Balaban J connectivity index is 1.73. The molecule has 0 aliphatic heterocycles. The number of rotatable bonds is 7. The highest BCUT2D eigenvalue weighted by atomic mass is 19.1. The van der Waals surface area contributed by atoms with Gasteiger partial charge >= 0.3 is 0 Å². The van der Waals surface area contributed by atoms with Crippen LogP contribution < -0.4 is 15.4 Å². The summed E-state index contributed by atoms with van der Waals surface area (Å²) in [5.74, 6) is 1.16. The van der Waals surface area contributed by atoms with Crippen molar-refractivity contribution in [2.24, 2.45) is 0 Å².